The van der Waals surface area contributed by atoms with E-state index in [1.807, 2.05) is 25.7 Å². The summed E-state index contributed by atoms with van der Waals surface area (Å²) in [5.41, 5.74) is 7.65. The summed E-state index contributed by atoms with van der Waals surface area (Å²) in [5.74, 6) is 2.03. The molecule has 2 fully saturated rings. The van der Waals surface area contributed by atoms with Gasteiger partial charge >= 0.3 is 6.09 Å². The highest BCUT2D eigenvalue weighted by atomic mass is 16.6. The molecule has 11 nitrogen and oxygen atoms in total. The molecular formula is C26H38N8O3. The van der Waals surface area contributed by atoms with Crippen molar-refractivity contribution in [2.45, 2.75) is 65.1 Å². The Bertz CT molecular complexity index is 1170. The van der Waals surface area contributed by atoms with Gasteiger partial charge in [-0.15, -0.1) is 0 Å². The minimum Gasteiger partial charge on any atom is -0.444 e. The van der Waals surface area contributed by atoms with E-state index in [4.69, 9.17) is 25.2 Å². The number of hydrogen-bond acceptors (Lipinski definition) is 10. The van der Waals surface area contributed by atoms with Crippen LogP contribution in [0.25, 0.3) is 11.3 Å². The molecule has 0 unspecified atom stereocenters. The molecule has 0 bridgehead atoms. The Kier molecular flexibility index (Phi) is 6.37. The molecule has 5 heterocycles. The van der Waals surface area contributed by atoms with Crippen LogP contribution in [0.1, 0.15) is 47.1 Å². The zero-order valence-corrected chi connectivity index (χ0v) is 22.7. The SMILES string of the molecule is C[C@@H]1CN(C(=O)OC(C)(C)C)C[C@@]1(C)N1CCc2c(-c3cnc(N)nc3)nc(N3CCOC[C@@H]3C)nc21. The molecular weight excluding hydrogens is 472 g/mol. The smallest absolute Gasteiger partial charge is 0.410 e. The second-order valence-electron chi connectivity index (χ2n) is 11.6. The van der Waals surface area contributed by atoms with Crippen LogP contribution in [0.5, 0.6) is 0 Å². The first kappa shape index (κ1) is 25.4. The minimum atomic E-state index is -0.535. The second-order valence-corrected chi connectivity index (χ2v) is 11.6. The summed E-state index contributed by atoms with van der Waals surface area (Å²) in [6.07, 6.45) is 3.98. The molecule has 3 atom stereocenters. The summed E-state index contributed by atoms with van der Waals surface area (Å²) in [6, 6.07) is 0.154. The number of nitrogens with zero attached hydrogens (tertiary/aromatic N) is 7. The summed E-state index contributed by atoms with van der Waals surface area (Å²) in [7, 11) is 0. The number of rotatable bonds is 3. The molecule has 37 heavy (non-hydrogen) atoms. The summed E-state index contributed by atoms with van der Waals surface area (Å²) >= 11 is 0. The van der Waals surface area contributed by atoms with Crippen molar-refractivity contribution in [3.05, 3.63) is 18.0 Å². The van der Waals surface area contributed by atoms with E-state index < -0.39 is 5.60 Å². The fourth-order valence-corrected chi connectivity index (χ4v) is 5.54. The molecule has 200 valence electrons. The van der Waals surface area contributed by atoms with Crippen LogP contribution in [0.15, 0.2) is 12.4 Å². The summed E-state index contributed by atoms with van der Waals surface area (Å²) in [5, 5.41) is 0. The lowest BCUT2D eigenvalue weighted by Gasteiger charge is -2.40. The number of hydrogen-bond donors (Lipinski definition) is 1. The first-order valence-electron chi connectivity index (χ1n) is 13.0. The number of fused-ring (bicyclic) bond motifs is 1. The fraction of sp³-hybridized carbons (Fsp3) is 0.654. The van der Waals surface area contributed by atoms with Crippen molar-refractivity contribution in [1.29, 1.82) is 0 Å². The first-order chi connectivity index (χ1) is 17.5. The van der Waals surface area contributed by atoms with E-state index in [9.17, 15) is 4.79 Å². The molecule has 0 aromatic carbocycles. The van der Waals surface area contributed by atoms with Crippen LogP contribution < -0.4 is 15.5 Å². The monoisotopic (exact) mass is 510 g/mol. The largest absolute Gasteiger partial charge is 0.444 e. The maximum Gasteiger partial charge on any atom is 0.410 e. The van der Waals surface area contributed by atoms with E-state index in [2.05, 4.69) is 40.5 Å². The summed E-state index contributed by atoms with van der Waals surface area (Å²) in [4.78, 5) is 38.0. The van der Waals surface area contributed by atoms with Crippen molar-refractivity contribution in [2.75, 3.05) is 54.9 Å². The molecule has 3 aliphatic heterocycles. The Morgan fingerprint density at radius 1 is 1.19 bits per heavy atom. The van der Waals surface area contributed by atoms with Gasteiger partial charge in [0.05, 0.1) is 30.5 Å². The molecule has 5 rings (SSSR count). The number of carbonyl (C=O) groups is 1. The molecule has 0 saturated carbocycles. The van der Waals surface area contributed by atoms with Crippen LogP contribution in [0.3, 0.4) is 0 Å². The average molecular weight is 511 g/mol. The number of amides is 1. The van der Waals surface area contributed by atoms with Crippen LogP contribution in [-0.2, 0) is 15.9 Å². The number of carbonyl (C=O) groups excluding carboxylic acids is 1. The predicted molar refractivity (Wildman–Crippen MR) is 142 cm³/mol. The molecule has 2 aromatic heterocycles. The van der Waals surface area contributed by atoms with Crippen LogP contribution in [0, 0.1) is 5.92 Å². The fourth-order valence-electron chi connectivity index (χ4n) is 5.54. The number of nitrogen functional groups attached to an aromatic ring is 1. The third-order valence-corrected chi connectivity index (χ3v) is 7.72. The Morgan fingerprint density at radius 3 is 2.59 bits per heavy atom. The van der Waals surface area contributed by atoms with E-state index in [-0.39, 0.29) is 29.5 Å². The Hall–Kier alpha value is -3.21. The Balaban J connectivity index is 1.54. The molecule has 0 spiro atoms. The molecule has 3 aliphatic rings. The number of anilines is 3. The summed E-state index contributed by atoms with van der Waals surface area (Å²) < 4.78 is 11.4. The molecule has 0 aliphatic carbocycles. The zero-order chi connectivity index (χ0) is 26.5. The number of nitrogens with two attached hydrogens (primary N) is 1. The third kappa shape index (κ3) is 4.76. The highest BCUT2D eigenvalue weighted by molar-refractivity contribution is 5.74. The van der Waals surface area contributed by atoms with Gasteiger partial charge in [-0.3, -0.25) is 0 Å². The maximum absolute atomic E-state index is 12.9. The van der Waals surface area contributed by atoms with Gasteiger partial charge in [0.15, 0.2) is 0 Å². The van der Waals surface area contributed by atoms with Gasteiger partial charge in [-0.25, -0.2) is 19.7 Å². The highest BCUT2D eigenvalue weighted by Crippen LogP contribution is 2.43. The van der Waals surface area contributed by atoms with E-state index >= 15 is 0 Å². The molecule has 11 heteroatoms. The lowest BCUT2D eigenvalue weighted by Crippen LogP contribution is -2.52. The molecule has 2 N–H and O–H groups in total. The van der Waals surface area contributed by atoms with Gasteiger partial charge in [0.2, 0.25) is 11.9 Å². The van der Waals surface area contributed by atoms with Gasteiger partial charge in [-0.1, -0.05) is 6.92 Å². The number of aromatic nitrogens is 4. The number of morpholine rings is 1. The number of likely N-dealkylation sites (tertiary alicyclic amines) is 1. The highest BCUT2D eigenvalue weighted by Gasteiger charge is 2.50. The van der Waals surface area contributed by atoms with E-state index in [0.717, 1.165) is 42.1 Å². The molecule has 0 radical (unpaired) electrons. The zero-order valence-electron chi connectivity index (χ0n) is 22.7. The lowest BCUT2D eigenvalue weighted by molar-refractivity contribution is 0.0282. The Morgan fingerprint density at radius 2 is 1.92 bits per heavy atom. The van der Waals surface area contributed by atoms with Gasteiger partial charge in [-0.05, 0) is 47.0 Å². The Labute approximate surface area is 218 Å². The normalized spacial score (nSPS) is 25.9. The predicted octanol–water partition coefficient (Wildman–Crippen LogP) is 2.75. The topological polar surface area (TPSA) is 123 Å². The molecule has 2 aromatic rings. The molecule has 2 saturated heterocycles. The van der Waals surface area contributed by atoms with Gasteiger partial charge in [0, 0.05) is 49.7 Å². The number of ether oxygens (including phenoxy) is 2. The van der Waals surface area contributed by atoms with E-state index in [1.54, 1.807) is 12.4 Å². The van der Waals surface area contributed by atoms with Crippen molar-refractivity contribution in [3.8, 4) is 11.3 Å². The average Bonchev–Trinajstić information content (AvgIpc) is 3.40. The van der Waals surface area contributed by atoms with Gasteiger partial charge < -0.3 is 29.9 Å². The van der Waals surface area contributed by atoms with Crippen molar-refractivity contribution in [1.82, 2.24) is 24.8 Å². The second kappa shape index (κ2) is 9.27. The first-order valence-corrected chi connectivity index (χ1v) is 13.0. The van der Waals surface area contributed by atoms with Gasteiger partial charge in [-0.2, -0.15) is 4.98 Å². The van der Waals surface area contributed by atoms with Crippen molar-refractivity contribution in [3.63, 3.8) is 0 Å². The quantitative estimate of drug-likeness (QED) is 0.659. The van der Waals surface area contributed by atoms with Crippen LogP contribution in [0.2, 0.25) is 0 Å². The lowest BCUT2D eigenvalue weighted by atomic mass is 9.89. The third-order valence-electron chi connectivity index (χ3n) is 7.72. The van der Waals surface area contributed by atoms with Crippen LogP contribution in [-0.4, -0.2) is 87.5 Å². The minimum absolute atomic E-state index is 0.154. The van der Waals surface area contributed by atoms with Gasteiger partial charge in [0.1, 0.15) is 11.4 Å². The van der Waals surface area contributed by atoms with Crippen molar-refractivity contribution >= 4 is 23.8 Å². The van der Waals surface area contributed by atoms with Crippen LogP contribution in [0.4, 0.5) is 22.5 Å². The maximum atomic E-state index is 12.9. The molecule has 1 amide bonds. The van der Waals surface area contributed by atoms with Crippen molar-refractivity contribution in [2.24, 2.45) is 5.92 Å². The van der Waals surface area contributed by atoms with Crippen molar-refractivity contribution < 1.29 is 14.3 Å². The summed E-state index contributed by atoms with van der Waals surface area (Å²) in [6.45, 7) is 16.2. The van der Waals surface area contributed by atoms with Crippen LogP contribution >= 0.6 is 0 Å². The van der Waals surface area contributed by atoms with Gasteiger partial charge in [0.25, 0.3) is 0 Å². The standard InChI is InChI=1S/C26H38N8O3/c1-16-13-32(24(35)37-25(3,4)5)15-26(16,6)34-8-7-19-20(18-11-28-22(27)29-12-18)30-23(31-21(19)34)33-9-10-36-14-17(33)2/h11-12,16-17H,7-10,13-15H2,1-6H3,(H2,27,28,29)/t16-,17+,26-/m1/s1. The van der Waals surface area contributed by atoms with E-state index in [0.29, 0.717) is 32.3 Å². The van der Waals surface area contributed by atoms with E-state index in [1.165, 1.54) is 0 Å².